The fourth-order valence-electron chi connectivity index (χ4n) is 3.69. The molecule has 30 heavy (non-hydrogen) atoms. The van der Waals surface area contributed by atoms with Gasteiger partial charge in [-0.1, -0.05) is 96.9 Å². The van der Waals surface area contributed by atoms with Crippen LogP contribution in [-0.4, -0.2) is 18.4 Å². The molecule has 0 unspecified atom stereocenters. The number of ether oxygens (including phenoxy) is 1. The minimum absolute atomic E-state index is 0.0439. The summed E-state index contributed by atoms with van der Waals surface area (Å²) < 4.78 is 5.16. The summed E-state index contributed by atoms with van der Waals surface area (Å²) in [5.74, 6) is 1.61. The molecule has 0 N–H and O–H groups in total. The van der Waals surface area contributed by atoms with Crippen LogP contribution in [0, 0.1) is 12.3 Å². The number of ketones is 1. The van der Waals surface area contributed by atoms with Gasteiger partial charge in [0.2, 0.25) is 0 Å². The van der Waals surface area contributed by atoms with Gasteiger partial charge in [0.1, 0.15) is 0 Å². The molecule has 0 radical (unpaired) electrons. The van der Waals surface area contributed by atoms with Crippen molar-refractivity contribution in [2.75, 3.05) is 6.61 Å². The minimum atomic E-state index is -0.366. The summed E-state index contributed by atoms with van der Waals surface area (Å²) in [4.78, 5) is 25.6. The first-order chi connectivity index (χ1) is 14.7. The Morgan fingerprint density at radius 2 is 1.20 bits per heavy atom. The van der Waals surface area contributed by atoms with Crippen molar-refractivity contribution in [2.45, 2.75) is 24.7 Å². The number of rotatable bonds is 9. The van der Waals surface area contributed by atoms with Gasteiger partial charge >= 0.3 is 5.97 Å². The van der Waals surface area contributed by atoms with Crippen molar-refractivity contribution in [1.29, 1.82) is 0 Å². The topological polar surface area (TPSA) is 43.4 Å². The largest absolute Gasteiger partial charge is 0.452 e. The second-order valence-corrected chi connectivity index (χ2v) is 7.10. The number of hydrogen-bond acceptors (Lipinski definition) is 3. The highest BCUT2D eigenvalue weighted by Crippen LogP contribution is 2.39. The van der Waals surface area contributed by atoms with E-state index in [-0.39, 0.29) is 43.0 Å². The number of terminal acetylenes is 1. The zero-order chi connectivity index (χ0) is 21.2. The number of benzene rings is 3. The Kier molecular flexibility index (Phi) is 7.58. The molecule has 3 aromatic carbocycles. The highest BCUT2D eigenvalue weighted by atomic mass is 16.5. The Morgan fingerprint density at radius 3 is 1.70 bits per heavy atom. The molecule has 0 aromatic heterocycles. The van der Waals surface area contributed by atoms with Crippen molar-refractivity contribution >= 4 is 11.8 Å². The normalized spacial score (nSPS) is 12.4. The van der Waals surface area contributed by atoms with E-state index in [4.69, 9.17) is 11.2 Å². The van der Waals surface area contributed by atoms with Gasteiger partial charge < -0.3 is 4.74 Å². The van der Waals surface area contributed by atoms with Gasteiger partial charge in [0.25, 0.3) is 0 Å². The lowest BCUT2D eigenvalue weighted by molar-refractivity contribution is -0.142. The van der Waals surface area contributed by atoms with Gasteiger partial charge in [-0.15, -0.1) is 6.42 Å². The van der Waals surface area contributed by atoms with E-state index in [1.807, 2.05) is 91.0 Å². The number of carbonyl (C=O) groups is 2. The molecule has 3 heteroatoms. The summed E-state index contributed by atoms with van der Waals surface area (Å²) in [6.45, 7) is -0.0563. The van der Waals surface area contributed by atoms with Gasteiger partial charge in [-0.05, 0) is 17.0 Å². The fraction of sp³-hybridized carbons (Fsp3) is 0.185. The zero-order valence-electron chi connectivity index (χ0n) is 16.7. The zero-order valence-corrected chi connectivity index (χ0v) is 16.7. The van der Waals surface area contributed by atoms with Gasteiger partial charge in [0, 0.05) is 17.9 Å². The number of Topliss-reactive ketones (excluding diaryl/α,β-unsaturated/α-hetero) is 1. The third kappa shape index (κ3) is 5.68. The van der Waals surface area contributed by atoms with E-state index < -0.39 is 0 Å². The first kappa shape index (κ1) is 21.1. The Labute approximate surface area is 177 Å². The van der Waals surface area contributed by atoms with Gasteiger partial charge in [-0.25, -0.2) is 0 Å². The van der Waals surface area contributed by atoms with Crippen LogP contribution in [0.2, 0.25) is 0 Å². The van der Waals surface area contributed by atoms with Crippen LogP contribution in [0.4, 0.5) is 0 Å². The maximum Gasteiger partial charge on any atom is 0.307 e. The summed E-state index contributed by atoms with van der Waals surface area (Å²) >= 11 is 0. The molecule has 0 aliphatic heterocycles. The molecule has 0 aliphatic carbocycles. The smallest absolute Gasteiger partial charge is 0.307 e. The Morgan fingerprint density at radius 1 is 0.733 bits per heavy atom. The second kappa shape index (κ2) is 10.8. The first-order valence-electron chi connectivity index (χ1n) is 9.96. The van der Waals surface area contributed by atoms with Crippen molar-refractivity contribution in [1.82, 2.24) is 0 Å². The van der Waals surface area contributed by atoms with Crippen LogP contribution >= 0.6 is 0 Å². The molecule has 0 saturated heterocycles. The Hall–Kier alpha value is -3.64. The van der Waals surface area contributed by atoms with Gasteiger partial charge in [0.15, 0.2) is 12.4 Å². The first-order valence-corrected chi connectivity index (χ1v) is 9.96. The van der Waals surface area contributed by atoms with Gasteiger partial charge in [0.05, 0.1) is 6.42 Å². The molecule has 2 atom stereocenters. The van der Waals surface area contributed by atoms with Crippen LogP contribution in [0.3, 0.4) is 0 Å². The third-order valence-corrected chi connectivity index (χ3v) is 5.15. The quantitative estimate of drug-likeness (QED) is 0.277. The summed E-state index contributed by atoms with van der Waals surface area (Å²) in [5, 5.41) is 0. The molecule has 150 valence electrons. The van der Waals surface area contributed by atoms with Crippen molar-refractivity contribution in [2.24, 2.45) is 0 Å². The van der Waals surface area contributed by atoms with Crippen molar-refractivity contribution in [3.8, 4) is 12.3 Å². The molecule has 3 nitrogen and oxygen atoms in total. The fourth-order valence-corrected chi connectivity index (χ4v) is 3.69. The van der Waals surface area contributed by atoms with E-state index in [0.29, 0.717) is 5.56 Å². The van der Waals surface area contributed by atoms with Crippen LogP contribution in [-0.2, 0) is 9.53 Å². The average molecular weight is 396 g/mol. The average Bonchev–Trinajstić information content (AvgIpc) is 2.81. The molecular weight excluding hydrogens is 372 g/mol. The van der Waals surface area contributed by atoms with E-state index in [1.165, 1.54) is 0 Å². The Balaban J connectivity index is 1.97. The molecule has 3 rings (SSSR count). The minimum Gasteiger partial charge on any atom is -0.452 e. The lowest BCUT2D eigenvalue weighted by Gasteiger charge is -2.27. The summed E-state index contributed by atoms with van der Waals surface area (Å²) in [5.41, 5.74) is 2.67. The summed E-state index contributed by atoms with van der Waals surface area (Å²) in [7, 11) is 0. The van der Waals surface area contributed by atoms with E-state index in [2.05, 4.69) is 5.92 Å². The lowest BCUT2D eigenvalue weighted by atomic mass is 9.76. The molecule has 0 heterocycles. The van der Waals surface area contributed by atoms with Gasteiger partial charge in [-0.2, -0.15) is 0 Å². The second-order valence-electron chi connectivity index (χ2n) is 7.10. The van der Waals surface area contributed by atoms with Crippen LogP contribution in [0.25, 0.3) is 0 Å². The predicted molar refractivity (Wildman–Crippen MR) is 118 cm³/mol. The van der Waals surface area contributed by atoms with E-state index in [0.717, 1.165) is 11.1 Å². The van der Waals surface area contributed by atoms with Gasteiger partial charge in [-0.3, -0.25) is 9.59 Å². The van der Waals surface area contributed by atoms with E-state index >= 15 is 0 Å². The number of esters is 1. The van der Waals surface area contributed by atoms with Crippen LogP contribution in [0.1, 0.15) is 46.2 Å². The van der Waals surface area contributed by atoms with E-state index in [1.54, 1.807) is 0 Å². The molecule has 0 bridgehead atoms. The molecule has 0 aliphatic rings. The molecular formula is C27H24O3. The van der Waals surface area contributed by atoms with Crippen LogP contribution in [0.5, 0.6) is 0 Å². The molecule has 0 spiro atoms. The predicted octanol–water partition coefficient (Wildman–Crippen LogP) is 5.39. The number of hydrogen-bond donors (Lipinski definition) is 0. The van der Waals surface area contributed by atoms with Crippen molar-refractivity contribution in [3.63, 3.8) is 0 Å². The highest BCUT2D eigenvalue weighted by Gasteiger charge is 2.30. The standard InChI is InChI=1S/C27H24O3/c1-2-18-30-27(29)20-25(22-14-8-4-9-15-22)24(21-12-6-3-7-13-21)19-26(28)23-16-10-5-11-17-23/h1,3-17,24-25H,18-20H2/t24-,25-/m0/s1. The maximum atomic E-state index is 13.1. The number of carbonyl (C=O) groups excluding carboxylic acids is 2. The molecule has 0 fully saturated rings. The van der Waals surface area contributed by atoms with Crippen LogP contribution in [0.15, 0.2) is 91.0 Å². The van der Waals surface area contributed by atoms with Crippen LogP contribution < -0.4 is 0 Å². The van der Waals surface area contributed by atoms with Crippen molar-refractivity contribution < 1.29 is 14.3 Å². The lowest BCUT2D eigenvalue weighted by Crippen LogP contribution is -2.20. The molecule has 0 amide bonds. The maximum absolute atomic E-state index is 13.1. The van der Waals surface area contributed by atoms with Crippen molar-refractivity contribution in [3.05, 3.63) is 108 Å². The monoisotopic (exact) mass is 396 g/mol. The molecule has 0 saturated carbocycles. The molecule has 3 aromatic rings. The Bertz CT molecular complexity index is 989. The summed E-state index contributed by atoms with van der Waals surface area (Å²) in [6.07, 6.45) is 5.66. The third-order valence-electron chi connectivity index (χ3n) is 5.15. The SMILES string of the molecule is C#CCOC(=O)C[C@@H](c1ccccc1)[C@@H](CC(=O)c1ccccc1)c1ccccc1. The summed E-state index contributed by atoms with van der Waals surface area (Å²) in [6, 6.07) is 28.9. The highest BCUT2D eigenvalue weighted by molar-refractivity contribution is 5.96. The van der Waals surface area contributed by atoms with E-state index in [9.17, 15) is 9.59 Å².